The maximum Gasteiger partial charge on any atom is 0.303 e. The molecule has 3 atom stereocenters. The van der Waals surface area contributed by atoms with Crippen molar-refractivity contribution in [3.63, 3.8) is 0 Å². The Balaban J connectivity index is 2.09. The first-order valence-electron chi connectivity index (χ1n) is 9.88. The average Bonchev–Trinajstić information content (AvgIpc) is 3.30. The van der Waals surface area contributed by atoms with Gasteiger partial charge in [0, 0.05) is 6.42 Å². The number of hydrogen-bond donors (Lipinski definition) is 2. The fraction of sp³-hybridized carbons (Fsp3) is 0.762. The van der Waals surface area contributed by atoms with Gasteiger partial charge in [-0.15, -0.1) is 0 Å². The molecule has 3 unspecified atom stereocenters. The molecule has 1 heterocycles. The van der Waals surface area contributed by atoms with Crippen molar-refractivity contribution in [2.24, 2.45) is 0 Å². The zero-order valence-corrected chi connectivity index (χ0v) is 16.0. The van der Waals surface area contributed by atoms with Gasteiger partial charge in [-0.3, -0.25) is 4.79 Å². The molecule has 1 saturated heterocycles. The Kier molecular flexibility index (Phi) is 10.7. The highest BCUT2D eigenvalue weighted by molar-refractivity contribution is 5.66. The zero-order chi connectivity index (χ0) is 18.5. The molecule has 4 nitrogen and oxygen atoms in total. The summed E-state index contributed by atoms with van der Waals surface area (Å²) in [5, 5.41) is 19.0. The lowest BCUT2D eigenvalue weighted by atomic mass is 10.00. The second-order valence-corrected chi connectivity index (χ2v) is 7.37. The van der Waals surface area contributed by atoms with Crippen molar-refractivity contribution in [3.05, 3.63) is 24.3 Å². The van der Waals surface area contributed by atoms with Crippen LogP contribution >= 0.6 is 0 Å². The van der Waals surface area contributed by atoms with Crippen LogP contribution in [0.15, 0.2) is 24.3 Å². The molecular formula is C21H36O4. The Morgan fingerprint density at radius 3 is 2.56 bits per heavy atom. The van der Waals surface area contributed by atoms with Gasteiger partial charge in [-0.2, -0.15) is 0 Å². The second kappa shape index (κ2) is 12.3. The molecule has 2 N–H and O–H groups in total. The normalized spacial score (nSPS) is 22.5. The van der Waals surface area contributed by atoms with E-state index in [0.717, 1.165) is 12.8 Å². The number of epoxide rings is 1. The van der Waals surface area contributed by atoms with Gasteiger partial charge < -0.3 is 14.9 Å². The van der Waals surface area contributed by atoms with Gasteiger partial charge in [-0.1, -0.05) is 63.3 Å². The lowest BCUT2D eigenvalue weighted by Gasteiger charge is -2.16. The summed E-state index contributed by atoms with van der Waals surface area (Å²) in [5.41, 5.74) is -0.852. The smallest absolute Gasteiger partial charge is 0.303 e. The van der Waals surface area contributed by atoms with E-state index in [9.17, 15) is 9.90 Å². The highest BCUT2D eigenvalue weighted by Crippen LogP contribution is 2.29. The highest BCUT2D eigenvalue weighted by atomic mass is 16.6. The molecule has 4 heteroatoms. The Bertz CT molecular complexity index is 426. The third-order valence-corrected chi connectivity index (χ3v) is 4.57. The van der Waals surface area contributed by atoms with E-state index in [1.54, 1.807) is 6.92 Å². The minimum absolute atomic E-state index is 0.0346. The predicted octanol–water partition coefficient (Wildman–Crippen LogP) is 5.01. The van der Waals surface area contributed by atoms with E-state index in [0.29, 0.717) is 12.8 Å². The number of hydrogen-bond acceptors (Lipinski definition) is 3. The van der Waals surface area contributed by atoms with E-state index in [2.05, 4.69) is 19.1 Å². The fourth-order valence-corrected chi connectivity index (χ4v) is 2.87. The summed E-state index contributed by atoms with van der Waals surface area (Å²) in [7, 11) is 0. The summed E-state index contributed by atoms with van der Waals surface area (Å²) in [6.45, 7) is 4.04. The molecule has 0 amide bonds. The number of unbranched alkanes of at least 4 members (excludes halogenated alkanes) is 6. The quantitative estimate of drug-likeness (QED) is 0.247. The van der Waals surface area contributed by atoms with Crippen LogP contribution in [0.5, 0.6) is 0 Å². The first kappa shape index (κ1) is 21.9. The largest absolute Gasteiger partial charge is 0.481 e. The van der Waals surface area contributed by atoms with E-state index in [1.165, 1.54) is 38.5 Å². The molecule has 0 aromatic carbocycles. The third-order valence-electron chi connectivity index (χ3n) is 4.57. The number of carboxylic acid groups (broad SMARTS) is 1. The maximum atomic E-state index is 10.5. The Labute approximate surface area is 153 Å². The topological polar surface area (TPSA) is 70.1 Å². The molecular weight excluding hydrogens is 316 g/mol. The van der Waals surface area contributed by atoms with Crippen LogP contribution in [-0.4, -0.2) is 34.0 Å². The molecule has 1 rings (SSSR count). The Morgan fingerprint density at radius 1 is 1.12 bits per heavy atom. The molecule has 1 aliphatic heterocycles. The summed E-state index contributed by atoms with van der Waals surface area (Å²) in [6.07, 6.45) is 19.2. The van der Waals surface area contributed by atoms with Gasteiger partial charge in [0.1, 0.15) is 6.10 Å². The van der Waals surface area contributed by atoms with Crippen LogP contribution in [-0.2, 0) is 9.53 Å². The van der Waals surface area contributed by atoms with E-state index in [-0.39, 0.29) is 18.6 Å². The third kappa shape index (κ3) is 12.0. The van der Waals surface area contributed by atoms with Gasteiger partial charge in [0.15, 0.2) is 0 Å². The van der Waals surface area contributed by atoms with Crippen molar-refractivity contribution >= 4 is 5.97 Å². The molecule has 144 valence electrons. The number of aliphatic carboxylic acids is 1. The molecule has 0 spiro atoms. The molecule has 1 aliphatic rings. The van der Waals surface area contributed by atoms with Crippen LogP contribution in [0.4, 0.5) is 0 Å². The summed E-state index contributed by atoms with van der Waals surface area (Å²) in [4.78, 5) is 10.5. The first-order valence-corrected chi connectivity index (χ1v) is 9.88. The predicted molar refractivity (Wildman–Crippen MR) is 102 cm³/mol. The van der Waals surface area contributed by atoms with Crippen molar-refractivity contribution in [1.29, 1.82) is 0 Å². The molecule has 25 heavy (non-hydrogen) atoms. The van der Waals surface area contributed by atoms with Crippen LogP contribution in [0.25, 0.3) is 0 Å². The van der Waals surface area contributed by atoms with Gasteiger partial charge >= 0.3 is 5.97 Å². The highest BCUT2D eigenvalue weighted by Gasteiger charge is 2.36. The minimum atomic E-state index is -0.852. The van der Waals surface area contributed by atoms with Crippen molar-refractivity contribution in [2.45, 2.75) is 102 Å². The molecule has 1 fully saturated rings. The summed E-state index contributed by atoms with van der Waals surface area (Å²) >= 11 is 0. The molecule has 0 bridgehead atoms. The van der Waals surface area contributed by atoms with Gasteiger partial charge in [0.05, 0.1) is 11.7 Å². The van der Waals surface area contributed by atoms with Crippen LogP contribution in [0.3, 0.4) is 0 Å². The minimum Gasteiger partial charge on any atom is -0.481 e. The molecule has 0 aromatic heterocycles. The van der Waals surface area contributed by atoms with Crippen LogP contribution < -0.4 is 0 Å². The Morgan fingerprint density at radius 2 is 1.84 bits per heavy atom. The lowest BCUT2D eigenvalue weighted by molar-refractivity contribution is -0.137. The van der Waals surface area contributed by atoms with Crippen molar-refractivity contribution in [2.75, 3.05) is 0 Å². The van der Waals surface area contributed by atoms with Crippen LogP contribution in [0.2, 0.25) is 0 Å². The SMILES string of the molecule is CCCCCCCC/C=C\CC(C)(O)/C=C/C1OC1CCCC(=O)O. The molecule has 0 radical (unpaired) electrons. The summed E-state index contributed by atoms with van der Waals surface area (Å²) < 4.78 is 5.48. The number of allylic oxidation sites excluding steroid dienone is 1. The zero-order valence-electron chi connectivity index (χ0n) is 16.0. The lowest BCUT2D eigenvalue weighted by Crippen LogP contribution is -2.19. The van der Waals surface area contributed by atoms with Crippen LogP contribution in [0.1, 0.15) is 84.5 Å². The van der Waals surface area contributed by atoms with E-state index >= 15 is 0 Å². The average molecular weight is 353 g/mol. The molecule has 0 aliphatic carbocycles. The summed E-state index contributed by atoms with van der Waals surface area (Å²) in [6, 6.07) is 0. The first-order chi connectivity index (χ1) is 11.9. The molecule has 0 aromatic rings. The number of aliphatic hydroxyl groups is 1. The van der Waals surface area contributed by atoms with Crippen molar-refractivity contribution in [1.82, 2.24) is 0 Å². The number of rotatable bonds is 15. The number of carbonyl (C=O) groups is 1. The molecule has 0 saturated carbocycles. The van der Waals surface area contributed by atoms with Gasteiger partial charge in [0.2, 0.25) is 0 Å². The number of ether oxygens (including phenoxy) is 1. The Hall–Kier alpha value is -1.13. The van der Waals surface area contributed by atoms with E-state index < -0.39 is 11.6 Å². The van der Waals surface area contributed by atoms with E-state index in [4.69, 9.17) is 9.84 Å². The second-order valence-electron chi connectivity index (χ2n) is 7.37. The van der Waals surface area contributed by atoms with Crippen molar-refractivity contribution < 1.29 is 19.7 Å². The van der Waals surface area contributed by atoms with E-state index in [1.807, 2.05) is 12.2 Å². The maximum absolute atomic E-state index is 10.5. The van der Waals surface area contributed by atoms with Crippen molar-refractivity contribution in [3.8, 4) is 0 Å². The van der Waals surface area contributed by atoms with Gasteiger partial charge in [-0.05, 0) is 39.0 Å². The standard InChI is InChI=1S/C21H36O4/c1-3-4-5-6-7-8-9-10-11-16-21(2,24)17-15-19-18(25-19)13-12-14-20(22)23/h10-11,15,17-19,24H,3-9,12-14,16H2,1-2H3,(H,22,23)/b11-10-,17-15+. The summed E-state index contributed by atoms with van der Waals surface area (Å²) in [5.74, 6) is -0.761. The monoisotopic (exact) mass is 352 g/mol. The van der Waals surface area contributed by atoms with Gasteiger partial charge in [-0.25, -0.2) is 0 Å². The number of carboxylic acids is 1. The van der Waals surface area contributed by atoms with Gasteiger partial charge in [0.25, 0.3) is 0 Å². The van der Waals surface area contributed by atoms with Crippen LogP contribution in [0, 0.1) is 0 Å². The fourth-order valence-electron chi connectivity index (χ4n) is 2.87.